The second kappa shape index (κ2) is 8.57. The van der Waals surface area contributed by atoms with Gasteiger partial charge in [-0.05, 0) is 37.7 Å². The Labute approximate surface area is 125 Å². The van der Waals surface area contributed by atoms with Crippen molar-refractivity contribution >= 4 is 17.5 Å². The van der Waals surface area contributed by atoms with Gasteiger partial charge in [0.15, 0.2) is 0 Å². The first-order valence-electron chi connectivity index (χ1n) is 6.69. The Bertz CT molecular complexity index is 484. The molecule has 0 saturated heterocycles. The summed E-state index contributed by atoms with van der Waals surface area (Å²) in [5, 5.41) is 12.4. The van der Waals surface area contributed by atoms with Crippen molar-refractivity contribution in [3.63, 3.8) is 0 Å². The predicted octanol–water partition coefficient (Wildman–Crippen LogP) is 2.75. The van der Waals surface area contributed by atoms with Gasteiger partial charge in [-0.3, -0.25) is 4.79 Å². The van der Waals surface area contributed by atoms with Gasteiger partial charge >= 0.3 is 0 Å². The van der Waals surface area contributed by atoms with E-state index in [2.05, 4.69) is 23.2 Å². The van der Waals surface area contributed by atoms with E-state index in [1.807, 2.05) is 7.05 Å². The Kier molecular flexibility index (Phi) is 7.06. The molecule has 0 spiro atoms. The molecular weight excluding hydrogens is 274 g/mol. The summed E-state index contributed by atoms with van der Waals surface area (Å²) in [6.45, 7) is 3.75. The molecule has 0 aliphatic rings. The summed E-state index contributed by atoms with van der Waals surface area (Å²) in [5.41, 5.74) is 0.704. The van der Waals surface area contributed by atoms with Gasteiger partial charge in [-0.2, -0.15) is 5.26 Å². The number of benzene rings is 1. The average Bonchev–Trinajstić information content (AvgIpc) is 2.43. The third-order valence-electron chi connectivity index (χ3n) is 2.94. The van der Waals surface area contributed by atoms with Gasteiger partial charge in [-0.15, -0.1) is 0 Å². The minimum absolute atomic E-state index is 0.125. The topological polar surface area (TPSA) is 56.1 Å². The van der Waals surface area contributed by atoms with Gasteiger partial charge in [0, 0.05) is 18.0 Å². The fourth-order valence-corrected chi connectivity index (χ4v) is 2.09. The van der Waals surface area contributed by atoms with Gasteiger partial charge in [0.05, 0.1) is 6.07 Å². The van der Waals surface area contributed by atoms with Crippen molar-refractivity contribution in [2.24, 2.45) is 0 Å². The molecule has 0 unspecified atom stereocenters. The van der Waals surface area contributed by atoms with Crippen LogP contribution < -0.4 is 5.32 Å². The number of hydrogen-bond donors (Lipinski definition) is 1. The summed E-state index contributed by atoms with van der Waals surface area (Å²) in [4.78, 5) is 14.0. The maximum Gasteiger partial charge on any atom is 0.222 e. The van der Waals surface area contributed by atoms with Crippen LogP contribution >= 0.6 is 11.6 Å². The lowest BCUT2D eigenvalue weighted by atomic mass is 10.1. The number of amides is 1. The van der Waals surface area contributed by atoms with Gasteiger partial charge in [0.1, 0.15) is 6.04 Å². The molecule has 0 aliphatic heterocycles. The molecule has 0 bridgehead atoms. The van der Waals surface area contributed by atoms with E-state index < -0.39 is 6.04 Å². The van der Waals surface area contributed by atoms with Gasteiger partial charge in [-0.25, -0.2) is 0 Å². The lowest BCUT2D eigenvalue weighted by molar-refractivity contribution is -0.121. The number of carbonyl (C=O) groups excluding carboxylic acids is 1. The Morgan fingerprint density at radius 1 is 1.50 bits per heavy atom. The van der Waals surface area contributed by atoms with Crippen molar-refractivity contribution < 1.29 is 4.79 Å². The zero-order valence-corrected chi connectivity index (χ0v) is 12.7. The minimum atomic E-state index is -0.655. The van der Waals surface area contributed by atoms with Gasteiger partial charge in [-0.1, -0.05) is 30.7 Å². The molecule has 0 aromatic heterocycles. The number of halogens is 1. The van der Waals surface area contributed by atoms with E-state index in [1.165, 1.54) is 0 Å². The van der Waals surface area contributed by atoms with E-state index in [9.17, 15) is 4.79 Å². The SMILES string of the molecule is CCCN(C)CCC(=O)N[C@@H](C#N)c1cccc(Cl)c1. The molecule has 20 heavy (non-hydrogen) atoms. The van der Waals surface area contributed by atoms with Crippen LogP contribution in [0.2, 0.25) is 5.02 Å². The second-order valence-electron chi connectivity index (χ2n) is 4.74. The monoisotopic (exact) mass is 293 g/mol. The number of hydrogen-bond acceptors (Lipinski definition) is 3. The summed E-state index contributed by atoms with van der Waals surface area (Å²) in [5.74, 6) is -0.125. The molecule has 4 nitrogen and oxygen atoms in total. The molecule has 0 radical (unpaired) electrons. The van der Waals surface area contributed by atoms with Crippen LogP contribution in [0, 0.1) is 11.3 Å². The smallest absolute Gasteiger partial charge is 0.222 e. The fourth-order valence-electron chi connectivity index (χ4n) is 1.90. The highest BCUT2D eigenvalue weighted by atomic mass is 35.5. The lowest BCUT2D eigenvalue weighted by Crippen LogP contribution is -2.31. The quantitative estimate of drug-likeness (QED) is 0.841. The summed E-state index contributed by atoms with van der Waals surface area (Å²) in [6.07, 6.45) is 1.44. The molecular formula is C15H20ClN3O. The number of nitrogens with one attached hydrogen (secondary N) is 1. The molecule has 1 atom stereocenters. The molecule has 1 N–H and O–H groups in total. The normalized spacial score (nSPS) is 11.9. The van der Waals surface area contributed by atoms with Crippen molar-refractivity contribution in [3.8, 4) is 6.07 Å². The standard InChI is InChI=1S/C15H20ClN3O/c1-3-8-19(2)9-7-15(20)18-14(11-17)12-5-4-6-13(16)10-12/h4-6,10,14H,3,7-9H2,1-2H3,(H,18,20)/t14-/m0/s1. The molecule has 0 aliphatic carbocycles. The number of carbonyl (C=O) groups is 1. The van der Waals surface area contributed by atoms with E-state index in [1.54, 1.807) is 24.3 Å². The predicted molar refractivity (Wildman–Crippen MR) is 80.4 cm³/mol. The Morgan fingerprint density at radius 2 is 2.25 bits per heavy atom. The highest BCUT2D eigenvalue weighted by Crippen LogP contribution is 2.17. The van der Waals surface area contributed by atoms with Crippen LogP contribution in [0.25, 0.3) is 0 Å². The number of nitrogens with zero attached hydrogens (tertiary/aromatic N) is 2. The highest BCUT2D eigenvalue weighted by molar-refractivity contribution is 6.30. The van der Waals surface area contributed by atoms with Crippen molar-refractivity contribution in [2.45, 2.75) is 25.8 Å². The van der Waals surface area contributed by atoms with Gasteiger partial charge < -0.3 is 10.2 Å². The molecule has 0 fully saturated rings. The zero-order chi connectivity index (χ0) is 15.0. The van der Waals surface area contributed by atoms with Crippen molar-refractivity contribution in [1.82, 2.24) is 10.2 Å². The highest BCUT2D eigenvalue weighted by Gasteiger charge is 2.14. The molecule has 5 heteroatoms. The molecule has 1 aromatic carbocycles. The van der Waals surface area contributed by atoms with Crippen molar-refractivity contribution in [2.75, 3.05) is 20.1 Å². The number of nitriles is 1. The largest absolute Gasteiger partial charge is 0.337 e. The van der Waals surface area contributed by atoms with Crippen molar-refractivity contribution in [3.05, 3.63) is 34.9 Å². The van der Waals surface area contributed by atoms with Crippen LogP contribution in [-0.4, -0.2) is 30.9 Å². The first-order chi connectivity index (χ1) is 9.56. The molecule has 0 saturated carbocycles. The molecule has 0 heterocycles. The van der Waals surface area contributed by atoms with Crippen LogP contribution in [-0.2, 0) is 4.79 Å². The molecule has 108 valence electrons. The Balaban J connectivity index is 2.53. The zero-order valence-electron chi connectivity index (χ0n) is 11.9. The first-order valence-corrected chi connectivity index (χ1v) is 7.07. The summed E-state index contributed by atoms with van der Waals surface area (Å²) in [6, 6.07) is 8.41. The summed E-state index contributed by atoms with van der Waals surface area (Å²) < 4.78 is 0. The fraction of sp³-hybridized carbons (Fsp3) is 0.467. The van der Waals surface area contributed by atoms with Crippen LogP contribution in [0.3, 0.4) is 0 Å². The maximum atomic E-state index is 11.9. The summed E-state index contributed by atoms with van der Waals surface area (Å²) in [7, 11) is 1.98. The van der Waals surface area contributed by atoms with Crippen molar-refractivity contribution in [1.29, 1.82) is 5.26 Å². The third-order valence-corrected chi connectivity index (χ3v) is 3.18. The first kappa shape index (κ1) is 16.5. The Morgan fingerprint density at radius 3 is 2.85 bits per heavy atom. The molecule has 1 rings (SSSR count). The van der Waals surface area contributed by atoms with E-state index in [0.717, 1.165) is 13.0 Å². The van der Waals surface area contributed by atoms with Gasteiger partial charge in [0.25, 0.3) is 0 Å². The summed E-state index contributed by atoms with van der Waals surface area (Å²) >= 11 is 5.89. The lowest BCUT2D eigenvalue weighted by Gasteiger charge is -2.16. The average molecular weight is 294 g/mol. The second-order valence-corrected chi connectivity index (χ2v) is 5.17. The van der Waals surface area contributed by atoms with Crippen LogP contribution in [0.15, 0.2) is 24.3 Å². The van der Waals surface area contributed by atoms with Crippen LogP contribution in [0.5, 0.6) is 0 Å². The van der Waals surface area contributed by atoms with E-state index in [0.29, 0.717) is 23.6 Å². The Hall–Kier alpha value is -1.57. The van der Waals surface area contributed by atoms with Gasteiger partial charge in [0.2, 0.25) is 5.91 Å². The maximum absolute atomic E-state index is 11.9. The molecule has 1 aromatic rings. The van der Waals surface area contributed by atoms with Crippen LogP contribution in [0.1, 0.15) is 31.4 Å². The van der Waals surface area contributed by atoms with E-state index >= 15 is 0 Å². The van der Waals surface area contributed by atoms with Crippen LogP contribution in [0.4, 0.5) is 0 Å². The number of rotatable bonds is 7. The van der Waals surface area contributed by atoms with E-state index in [4.69, 9.17) is 16.9 Å². The van der Waals surface area contributed by atoms with E-state index in [-0.39, 0.29) is 5.91 Å². The molecule has 1 amide bonds. The minimum Gasteiger partial charge on any atom is -0.337 e. The third kappa shape index (κ3) is 5.60.